The lowest BCUT2D eigenvalue weighted by Gasteiger charge is -2.08. The van der Waals surface area contributed by atoms with Crippen LogP contribution in [0.4, 0.5) is 5.82 Å². The monoisotopic (exact) mass is 277 g/mol. The van der Waals surface area contributed by atoms with Crippen LogP contribution in [-0.4, -0.2) is 16.1 Å². The number of nitrogens with two attached hydrogens (primary N) is 1. The molecule has 0 fully saturated rings. The van der Waals surface area contributed by atoms with Gasteiger partial charge in [-0.05, 0) is 42.8 Å². The van der Waals surface area contributed by atoms with Gasteiger partial charge < -0.3 is 10.5 Å². The van der Waals surface area contributed by atoms with Crippen LogP contribution < -0.4 is 10.5 Å². The summed E-state index contributed by atoms with van der Waals surface area (Å²) >= 11 is 0. The highest BCUT2D eigenvalue weighted by molar-refractivity contribution is 5.82. The van der Waals surface area contributed by atoms with Crippen LogP contribution in [0.3, 0.4) is 0 Å². The molecule has 2 N–H and O–H groups in total. The van der Waals surface area contributed by atoms with Crippen molar-refractivity contribution in [2.24, 2.45) is 0 Å². The van der Waals surface area contributed by atoms with Gasteiger partial charge in [-0.15, -0.1) is 0 Å². The van der Waals surface area contributed by atoms with E-state index in [-0.39, 0.29) is 6.10 Å². The molecule has 0 saturated heterocycles. The van der Waals surface area contributed by atoms with Gasteiger partial charge in [0.1, 0.15) is 17.5 Å². The van der Waals surface area contributed by atoms with E-state index in [0.717, 1.165) is 34.5 Å². The second-order valence-electron chi connectivity index (χ2n) is 5.40. The fourth-order valence-corrected chi connectivity index (χ4v) is 2.80. The van der Waals surface area contributed by atoms with Gasteiger partial charge in [-0.2, -0.15) is 0 Å². The Kier molecular flexibility index (Phi) is 2.57. The maximum Gasteiger partial charge on any atom is 0.150 e. The quantitative estimate of drug-likeness (QED) is 0.742. The molecule has 104 valence electrons. The summed E-state index contributed by atoms with van der Waals surface area (Å²) in [4.78, 5) is 9.11. The molecule has 1 unspecified atom stereocenters. The average Bonchev–Trinajstić information content (AvgIpc) is 2.85. The topological polar surface area (TPSA) is 61.0 Å². The molecular weight excluding hydrogens is 262 g/mol. The summed E-state index contributed by atoms with van der Waals surface area (Å²) in [6.07, 6.45) is 1.15. The van der Waals surface area contributed by atoms with E-state index in [2.05, 4.69) is 23.0 Å². The Balaban J connectivity index is 1.87. The molecule has 4 heteroatoms. The van der Waals surface area contributed by atoms with E-state index >= 15 is 0 Å². The van der Waals surface area contributed by atoms with Crippen molar-refractivity contribution in [3.8, 4) is 17.0 Å². The molecule has 21 heavy (non-hydrogen) atoms. The minimum Gasteiger partial charge on any atom is -0.490 e. The van der Waals surface area contributed by atoms with Crippen molar-refractivity contribution in [3.63, 3.8) is 0 Å². The van der Waals surface area contributed by atoms with Gasteiger partial charge in [0.05, 0.1) is 11.0 Å². The molecule has 3 aromatic rings. The highest BCUT2D eigenvalue weighted by Gasteiger charge is 2.20. The molecule has 0 bridgehead atoms. The zero-order chi connectivity index (χ0) is 14.4. The summed E-state index contributed by atoms with van der Waals surface area (Å²) in [6.45, 7) is 2.07. The predicted octanol–water partition coefficient (Wildman–Crippen LogP) is 3.20. The first-order chi connectivity index (χ1) is 10.2. The van der Waals surface area contributed by atoms with Gasteiger partial charge in [0.2, 0.25) is 0 Å². The van der Waals surface area contributed by atoms with E-state index in [1.54, 1.807) is 0 Å². The number of anilines is 1. The van der Waals surface area contributed by atoms with Crippen LogP contribution in [0.2, 0.25) is 0 Å². The number of nitrogens with zero attached hydrogens (tertiary/aromatic N) is 2. The van der Waals surface area contributed by atoms with E-state index in [1.165, 1.54) is 5.56 Å². The van der Waals surface area contributed by atoms with Gasteiger partial charge in [0.25, 0.3) is 0 Å². The van der Waals surface area contributed by atoms with Crippen LogP contribution in [0.1, 0.15) is 12.5 Å². The summed E-state index contributed by atoms with van der Waals surface area (Å²) in [7, 11) is 0. The number of para-hydroxylation sites is 2. The van der Waals surface area contributed by atoms with E-state index in [4.69, 9.17) is 10.5 Å². The third-order valence-electron chi connectivity index (χ3n) is 3.77. The van der Waals surface area contributed by atoms with Crippen molar-refractivity contribution >= 4 is 16.9 Å². The maximum absolute atomic E-state index is 6.09. The van der Waals surface area contributed by atoms with E-state index in [9.17, 15) is 0 Å². The van der Waals surface area contributed by atoms with Crippen LogP contribution in [0.5, 0.6) is 5.75 Å². The van der Waals surface area contributed by atoms with Gasteiger partial charge in [-0.1, -0.05) is 12.1 Å². The standard InChI is InChI=1S/C17H15N3O/c1-10-8-12-9-11(6-7-15(12)21-10)16-17(18)20-14-5-3-2-4-13(14)19-16/h2-7,9-10H,8H2,1H3,(H2,18,20). The summed E-state index contributed by atoms with van der Waals surface area (Å²) in [5.41, 5.74) is 10.7. The molecule has 4 rings (SSSR count). The Morgan fingerprint density at radius 1 is 1.10 bits per heavy atom. The Labute approximate surface area is 122 Å². The second-order valence-corrected chi connectivity index (χ2v) is 5.40. The zero-order valence-corrected chi connectivity index (χ0v) is 11.7. The van der Waals surface area contributed by atoms with Gasteiger partial charge in [0, 0.05) is 12.0 Å². The molecule has 1 atom stereocenters. The fourth-order valence-electron chi connectivity index (χ4n) is 2.80. The first kappa shape index (κ1) is 12.1. The lowest BCUT2D eigenvalue weighted by Crippen LogP contribution is -2.05. The number of benzene rings is 2. The van der Waals surface area contributed by atoms with Crippen LogP contribution in [0.25, 0.3) is 22.3 Å². The molecule has 0 aliphatic carbocycles. The SMILES string of the molecule is CC1Cc2cc(-c3nc4ccccc4nc3N)ccc2O1. The Bertz CT molecular complexity index is 845. The molecule has 0 saturated carbocycles. The lowest BCUT2D eigenvalue weighted by atomic mass is 10.0. The van der Waals surface area contributed by atoms with Crippen molar-refractivity contribution in [2.45, 2.75) is 19.4 Å². The van der Waals surface area contributed by atoms with Gasteiger partial charge in [-0.3, -0.25) is 0 Å². The van der Waals surface area contributed by atoms with Crippen molar-refractivity contribution in [3.05, 3.63) is 48.0 Å². The minimum atomic E-state index is 0.232. The number of hydrogen-bond acceptors (Lipinski definition) is 4. The first-order valence-electron chi connectivity index (χ1n) is 7.03. The third kappa shape index (κ3) is 2.00. The normalized spacial score (nSPS) is 16.7. The van der Waals surface area contributed by atoms with Crippen molar-refractivity contribution in [1.82, 2.24) is 9.97 Å². The number of rotatable bonds is 1. The molecule has 0 spiro atoms. The number of nitrogen functional groups attached to an aromatic ring is 1. The minimum absolute atomic E-state index is 0.232. The van der Waals surface area contributed by atoms with Gasteiger partial charge in [-0.25, -0.2) is 9.97 Å². The van der Waals surface area contributed by atoms with Crippen LogP contribution in [0.15, 0.2) is 42.5 Å². The zero-order valence-electron chi connectivity index (χ0n) is 11.7. The molecule has 1 aliphatic rings. The lowest BCUT2D eigenvalue weighted by molar-refractivity contribution is 0.254. The number of hydrogen-bond donors (Lipinski definition) is 1. The average molecular weight is 277 g/mol. The maximum atomic E-state index is 6.09. The Hall–Kier alpha value is -2.62. The van der Waals surface area contributed by atoms with Crippen LogP contribution in [0, 0.1) is 0 Å². The fraction of sp³-hybridized carbons (Fsp3) is 0.176. The molecule has 0 radical (unpaired) electrons. The molecule has 2 aromatic carbocycles. The second kappa shape index (κ2) is 4.45. The van der Waals surface area contributed by atoms with Crippen LogP contribution >= 0.6 is 0 Å². The predicted molar refractivity (Wildman–Crippen MR) is 83.2 cm³/mol. The van der Waals surface area contributed by atoms with Crippen LogP contribution in [-0.2, 0) is 6.42 Å². The number of ether oxygens (including phenoxy) is 1. The van der Waals surface area contributed by atoms with Crippen molar-refractivity contribution in [2.75, 3.05) is 5.73 Å². The summed E-state index contributed by atoms with van der Waals surface area (Å²) in [5.74, 6) is 1.42. The number of aromatic nitrogens is 2. The van der Waals surface area contributed by atoms with Crippen molar-refractivity contribution < 1.29 is 4.74 Å². The Morgan fingerprint density at radius 2 is 1.86 bits per heavy atom. The number of fused-ring (bicyclic) bond motifs is 2. The summed E-state index contributed by atoms with van der Waals surface area (Å²) in [5, 5.41) is 0. The van der Waals surface area contributed by atoms with E-state index in [0.29, 0.717) is 5.82 Å². The summed E-state index contributed by atoms with van der Waals surface area (Å²) in [6, 6.07) is 13.8. The van der Waals surface area contributed by atoms with E-state index in [1.807, 2.05) is 36.4 Å². The molecule has 4 nitrogen and oxygen atoms in total. The summed E-state index contributed by atoms with van der Waals surface area (Å²) < 4.78 is 5.73. The molecule has 1 aliphatic heterocycles. The third-order valence-corrected chi connectivity index (χ3v) is 3.77. The largest absolute Gasteiger partial charge is 0.490 e. The van der Waals surface area contributed by atoms with Crippen molar-refractivity contribution in [1.29, 1.82) is 0 Å². The molecule has 1 aromatic heterocycles. The Morgan fingerprint density at radius 3 is 2.67 bits per heavy atom. The molecule has 0 amide bonds. The van der Waals surface area contributed by atoms with Gasteiger partial charge in [0.15, 0.2) is 5.82 Å². The van der Waals surface area contributed by atoms with E-state index < -0.39 is 0 Å². The molecular formula is C17H15N3O. The smallest absolute Gasteiger partial charge is 0.150 e. The highest BCUT2D eigenvalue weighted by Crippen LogP contribution is 2.34. The molecule has 2 heterocycles. The highest BCUT2D eigenvalue weighted by atomic mass is 16.5. The first-order valence-corrected chi connectivity index (χ1v) is 7.03. The van der Waals surface area contributed by atoms with Gasteiger partial charge >= 0.3 is 0 Å².